The Morgan fingerprint density at radius 2 is 1.62 bits per heavy atom. The molecule has 104 valence electrons. The monoisotopic (exact) mass is 314 g/mol. The Labute approximate surface area is 133 Å². The molecule has 0 saturated heterocycles. The van der Waals surface area contributed by atoms with Crippen LogP contribution in [0.4, 0.5) is 0 Å². The number of carbonyl (C=O) groups excluding carboxylic acids is 1. The third-order valence-electron chi connectivity index (χ3n) is 3.47. The summed E-state index contributed by atoms with van der Waals surface area (Å²) >= 11 is 12.2. The van der Waals surface area contributed by atoms with Crippen molar-refractivity contribution >= 4 is 40.3 Å². The highest BCUT2D eigenvalue weighted by Crippen LogP contribution is 2.31. The highest BCUT2D eigenvalue weighted by molar-refractivity contribution is 6.42. The minimum Gasteiger partial charge on any atom is -0.298 e. The number of hydrogen-bond donors (Lipinski definition) is 0. The largest absolute Gasteiger partial charge is 0.298 e. The first-order valence-corrected chi connectivity index (χ1v) is 7.34. The number of aldehydes is 1. The maximum atomic E-state index is 11.1. The summed E-state index contributed by atoms with van der Waals surface area (Å²) in [6.07, 6.45) is 1.60. The zero-order chi connectivity index (χ0) is 14.8. The van der Waals surface area contributed by atoms with Crippen molar-refractivity contribution in [1.29, 1.82) is 0 Å². The molecule has 0 atom stereocenters. The summed E-state index contributed by atoms with van der Waals surface area (Å²) in [5, 5.41) is 2.98. The summed E-state index contributed by atoms with van der Waals surface area (Å²) in [5.41, 5.74) is 2.90. The molecule has 0 amide bonds. The van der Waals surface area contributed by atoms with Gasteiger partial charge in [0.1, 0.15) is 6.29 Å². The van der Waals surface area contributed by atoms with Crippen molar-refractivity contribution in [1.82, 2.24) is 0 Å². The summed E-state index contributed by atoms with van der Waals surface area (Å²) in [7, 11) is 0. The van der Waals surface area contributed by atoms with Gasteiger partial charge in [-0.05, 0) is 52.6 Å². The lowest BCUT2D eigenvalue weighted by Crippen LogP contribution is -1.93. The summed E-state index contributed by atoms with van der Waals surface area (Å²) in [4.78, 5) is 11.1. The third kappa shape index (κ3) is 2.94. The average molecular weight is 315 g/mol. The van der Waals surface area contributed by atoms with Crippen molar-refractivity contribution in [2.75, 3.05) is 0 Å². The second-order valence-corrected chi connectivity index (χ2v) is 5.76. The van der Waals surface area contributed by atoms with Crippen LogP contribution in [-0.2, 0) is 6.42 Å². The zero-order valence-electron chi connectivity index (χ0n) is 11.1. The molecule has 0 saturated carbocycles. The maximum absolute atomic E-state index is 11.1. The molecule has 0 heterocycles. The zero-order valence-corrected chi connectivity index (χ0v) is 12.7. The highest BCUT2D eigenvalue weighted by atomic mass is 35.5. The van der Waals surface area contributed by atoms with E-state index in [1.807, 2.05) is 36.4 Å². The Kier molecular flexibility index (Phi) is 3.96. The molecule has 0 aliphatic carbocycles. The molecule has 0 fully saturated rings. The molecule has 0 unspecified atom stereocenters. The van der Waals surface area contributed by atoms with Gasteiger partial charge in [0, 0.05) is 5.56 Å². The van der Waals surface area contributed by atoms with Gasteiger partial charge in [0.05, 0.1) is 10.0 Å². The van der Waals surface area contributed by atoms with E-state index in [-0.39, 0.29) is 0 Å². The Morgan fingerprint density at radius 1 is 0.905 bits per heavy atom. The van der Waals surface area contributed by atoms with E-state index in [2.05, 4.69) is 12.1 Å². The third-order valence-corrected chi connectivity index (χ3v) is 4.20. The second-order valence-electron chi connectivity index (χ2n) is 4.95. The molecule has 3 aromatic carbocycles. The molecule has 1 nitrogen and oxygen atoms in total. The molecular formula is C18H12Cl2O. The predicted octanol–water partition coefficient (Wildman–Crippen LogP) is 5.55. The van der Waals surface area contributed by atoms with Gasteiger partial charge in [-0.15, -0.1) is 0 Å². The van der Waals surface area contributed by atoms with Crippen LogP contribution in [0.25, 0.3) is 10.8 Å². The van der Waals surface area contributed by atoms with E-state index >= 15 is 0 Å². The number of hydrogen-bond acceptors (Lipinski definition) is 1. The molecular weight excluding hydrogens is 303 g/mol. The maximum Gasteiger partial charge on any atom is 0.150 e. The normalized spacial score (nSPS) is 10.8. The van der Waals surface area contributed by atoms with E-state index in [0.29, 0.717) is 15.6 Å². The lowest BCUT2D eigenvalue weighted by atomic mass is 9.96. The quantitative estimate of drug-likeness (QED) is 0.579. The van der Waals surface area contributed by atoms with Gasteiger partial charge >= 0.3 is 0 Å². The van der Waals surface area contributed by atoms with Gasteiger partial charge in [-0.1, -0.05) is 53.5 Å². The van der Waals surface area contributed by atoms with Crippen LogP contribution in [0, 0.1) is 0 Å². The molecule has 0 spiro atoms. The van der Waals surface area contributed by atoms with Gasteiger partial charge in [0.15, 0.2) is 0 Å². The average Bonchev–Trinajstić information content (AvgIpc) is 2.50. The van der Waals surface area contributed by atoms with Crippen molar-refractivity contribution in [2.24, 2.45) is 0 Å². The number of halogens is 2. The molecule has 0 aromatic heterocycles. The number of rotatable bonds is 3. The van der Waals surface area contributed by atoms with Gasteiger partial charge in [0.25, 0.3) is 0 Å². The number of benzene rings is 3. The number of fused-ring (bicyclic) bond motifs is 1. The van der Waals surface area contributed by atoms with E-state index < -0.39 is 0 Å². The van der Waals surface area contributed by atoms with Crippen LogP contribution in [0.15, 0.2) is 54.6 Å². The lowest BCUT2D eigenvalue weighted by molar-refractivity contribution is 0.112. The highest BCUT2D eigenvalue weighted by Gasteiger charge is 2.08. The van der Waals surface area contributed by atoms with Crippen LogP contribution in [0.5, 0.6) is 0 Å². The minimum absolute atomic E-state index is 0.498. The summed E-state index contributed by atoms with van der Waals surface area (Å²) in [6, 6.07) is 17.5. The van der Waals surface area contributed by atoms with Gasteiger partial charge in [0.2, 0.25) is 0 Å². The van der Waals surface area contributed by atoms with E-state index in [1.54, 1.807) is 6.07 Å². The van der Waals surface area contributed by atoms with E-state index in [0.717, 1.165) is 29.0 Å². The molecule has 3 rings (SSSR count). The van der Waals surface area contributed by atoms with Crippen molar-refractivity contribution in [3.63, 3.8) is 0 Å². The summed E-state index contributed by atoms with van der Waals surface area (Å²) < 4.78 is 0. The van der Waals surface area contributed by atoms with Crippen LogP contribution in [0.1, 0.15) is 21.5 Å². The Balaban J connectivity index is 2.19. The minimum atomic E-state index is 0.498. The molecule has 3 aromatic rings. The Hall–Kier alpha value is -1.83. The lowest BCUT2D eigenvalue weighted by Gasteiger charge is -2.10. The first kappa shape index (κ1) is 14.1. The molecule has 0 aliphatic heterocycles. The van der Waals surface area contributed by atoms with Crippen molar-refractivity contribution in [2.45, 2.75) is 6.42 Å². The SMILES string of the molecule is O=Cc1cc(Cc2ccccc2)c2cc(Cl)c(Cl)cc2c1. The molecule has 3 heteroatoms. The fraction of sp³-hybridized carbons (Fsp3) is 0.0556. The van der Waals surface area contributed by atoms with Crippen LogP contribution < -0.4 is 0 Å². The fourth-order valence-corrected chi connectivity index (χ4v) is 2.83. The molecule has 0 radical (unpaired) electrons. The van der Waals surface area contributed by atoms with E-state index in [9.17, 15) is 4.79 Å². The summed E-state index contributed by atoms with van der Waals surface area (Å²) in [6.45, 7) is 0. The van der Waals surface area contributed by atoms with Gasteiger partial charge in [-0.25, -0.2) is 0 Å². The molecule has 0 bridgehead atoms. The number of carbonyl (C=O) groups is 1. The van der Waals surface area contributed by atoms with Crippen LogP contribution in [0.2, 0.25) is 10.0 Å². The first-order chi connectivity index (χ1) is 10.2. The fourth-order valence-electron chi connectivity index (χ4n) is 2.49. The van der Waals surface area contributed by atoms with Crippen LogP contribution >= 0.6 is 23.2 Å². The molecule has 0 aliphatic rings. The molecule has 0 N–H and O–H groups in total. The predicted molar refractivity (Wildman–Crippen MR) is 88.6 cm³/mol. The van der Waals surface area contributed by atoms with E-state index in [1.165, 1.54) is 5.56 Å². The smallest absolute Gasteiger partial charge is 0.150 e. The summed E-state index contributed by atoms with van der Waals surface area (Å²) in [5.74, 6) is 0. The Morgan fingerprint density at radius 3 is 2.33 bits per heavy atom. The van der Waals surface area contributed by atoms with Gasteiger partial charge < -0.3 is 0 Å². The van der Waals surface area contributed by atoms with Gasteiger partial charge in [-0.2, -0.15) is 0 Å². The topological polar surface area (TPSA) is 17.1 Å². The van der Waals surface area contributed by atoms with Crippen LogP contribution in [-0.4, -0.2) is 6.29 Å². The second kappa shape index (κ2) is 5.88. The molecule has 21 heavy (non-hydrogen) atoms. The Bertz CT molecular complexity index is 810. The van der Waals surface area contributed by atoms with Crippen LogP contribution in [0.3, 0.4) is 0 Å². The van der Waals surface area contributed by atoms with Crippen molar-refractivity contribution in [3.05, 3.63) is 81.3 Å². The van der Waals surface area contributed by atoms with Crippen molar-refractivity contribution in [3.8, 4) is 0 Å². The van der Waals surface area contributed by atoms with E-state index in [4.69, 9.17) is 23.2 Å². The standard InChI is InChI=1S/C18H12Cl2O/c19-17-9-15-8-13(11-21)7-14(16(15)10-18(17)20)6-12-4-2-1-3-5-12/h1-5,7-11H,6H2. The van der Waals surface area contributed by atoms with Gasteiger partial charge in [-0.3, -0.25) is 4.79 Å². The first-order valence-electron chi connectivity index (χ1n) is 6.58. The van der Waals surface area contributed by atoms with Crippen molar-refractivity contribution < 1.29 is 4.79 Å².